The number of benzene rings is 1. The molecule has 0 amide bonds. The Morgan fingerprint density at radius 1 is 1.45 bits per heavy atom. The summed E-state index contributed by atoms with van der Waals surface area (Å²) in [5.74, 6) is 0.644. The number of hydrogen-bond acceptors (Lipinski definition) is 1. The molecule has 0 aliphatic heterocycles. The van der Waals surface area contributed by atoms with Crippen molar-refractivity contribution in [2.75, 3.05) is 0 Å². The molecule has 1 unspecified atom stereocenters. The third-order valence-electron chi connectivity index (χ3n) is 4.51. The number of fused-ring (bicyclic) bond motifs is 1. The first-order valence-corrected chi connectivity index (χ1v) is 7.64. The summed E-state index contributed by atoms with van der Waals surface area (Å²) in [6, 6.07) is 3.41. The Balaban J connectivity index is 2.15. The Morgan fingerprint density at radius 3 is 2.70 bits per heavy atom. The highest BCUT2D eigenvalue weighted by atomic mass is 35.5. The second-order valence-electron chi connectivity index (χ2n) is 6.43. The van der Waals surface area contributed by atoms with Crippen molar-refractivity contribution in [2.45, 2.75) is 52.0 Å². The minimum atomic E-state index is -0.203. The number of hydrogen-bond donors (Lipinski definition) is 0. The van der Waals surface area contributed by atoms with Gasteiger partial charge in [-0.2, -0.15) is 0 Å². The van der Waals surface area contributed by atoms with Crippen LogP contribution in [-0.2, 0) is 6.54 Å². The van der Waals surface area contributed by atoms with Gasteiger partial charge in [0.15, 0.2) is 0 Å². The van der Waals surface area contributed by atoms with Gasteiger partial charge in [-0.1, -0.05) is 13.3 Å². The molecular formula is C16H20ClFN2. The van der Waals surface area contributed by atoms with Crippen molar-refractivity contribution in [1.29, 1.82) is 0 Å². The fourth-order valence-corrected chi connectivity index (χ4v) is 3.23. The van der Waals surface area contributed by atoms with Gasteiger partial charge in [0.2, 0.25) is 0 Å². The first kappa shape index (κ1) is 13.9. The summed E-state index contributed by atoms with van der Waals surface area (Å²) in [7, 11) is 0. The number of aromatic nitrogens is 2. The molecule has 1 fully saturated rings. The van der Waals surface area contributed by atoms with E-state index in [-0.39, 0.29) is 11.2 Å². The van der Waals surface area contributed by atoms with Gasteiger partial charge in [-0.05, 0) is 43.7 Å². The first-order chi connectivity index (χ1) is 9.39. The summed E-state index contributed by atoms with van der Waals surface area (Å²) in [5.41, 5.74) is 2.69. The Hall–Kier alpha value is -1.09. The van der Waals surface area contributed by atoms with Crippen LogP contribution in [0.4, 0.5) is 4.39 Å². The Morgan fingerprint density at radius 2 is 2.15 bits per heavy atom. The van der Waals surface area contributed by atoms with Gasteiger partial charge in [0.25, 0.3) is 0 Å². The zero-order valence-corrected chi connectivity index (χ0v) is 13.0. The molecule has 1 aromatic heterocycles. The smallest absolute Gasteiger partial charge is 0.128 e. The fourth-order valence-electron chi connectivity index (χ4n) is 3.06. The minimum Gasteiger partial charge on any atom is -0.326 e. The van der Waals surface area contributed by atoms with E-state index in [1.165, 1.54) is 25.3 Å². The quantitative estimate of drug-likeness (QED) is 0.731. The molecule has 0 bridgehead atoms. The lowest BCUT2D eigenvalue weighted by atomic mass is 9.70. The van der Waals surface area contributed by atoms with Crippen molar-refractivity contribution in [3.8, 4) is 0 Å². The Bertz CT molecular complexity index is 656. The van der Waals surface area contributed by atoms with Crippen LogP contribution < -0.4 is 0 Å². The maximum atomic E-state index is 13.7. The zero-order chi connectivity index (χ0) is 14.5. The lowest BCUT2D eigenvalue weighted by molar-refractivity contribution is 0.132. The van der Waals surface area contributed by atoms with Crippen molar-refractivity contribution in [2.24, 2.45) is 5.41 Å². The van der Waals surface area contributed by atoms with Crippen LogP contribution in [0, 0.1) is 18.2 Å². The van der Waals surface area contributed by atoms with Gasteiger partial charge in [0, 0.05) is 12.6 Å². The van der Waals surface area contributed by atoms with Crippen LogP contribution in [0.15, 0.2) is 12.1 Å². The third kappa shape index (κ3) is 2.22. The highest BCUT2D eigenvalue weighted by molar-refractivity contribution is 6.20. The van der Waals surface area contributed by atoms with E-state index in [0.29, 0.717) is 16.5 Å². The first-order valence-electron chi connectivity index (χ1n) is 7.20. The number of halogens is 2. The van der Waals surface area contributed by atoms with Crippen LogP contribution >= 0.6 is 11.6 Å². The van der Waals surface area contributed by atoms with Crippen LogP contribution in [0.1, 0.15) is 49.9 Å². The molecule has 1 aromatic carbocycles. The molecule has 20 heavy (non-hydrogen) atoms. The highest BCUT2D eigenvalue weighted by Gasteiger charge is 2.33. The summed E-state index contributed by atoms with van der Waals surface area (Å²) in [6.45, 7) is 6.94. The molecule has 3 rings (SSSR count). The van der Waals surface area contributed by atoms with E-state index in [1.54, 1.807) is 6.92 Å². The standard InChI is InChI=1S/C16H20ClFN2/c1-10-7-14-13(8-12(10)18)19-15(11(2)17)20(14)9-16(3)5-4-6-16/h7-8,11H,4-6,9H2,1-3H3. The third-order valence-corrected chi connectivity index (χ3v) is 4.71. The lowest BCUT2D eigenvalue weighted by Gasteiger charge is -2.39. The summed E-state index contributed by atoms with van der Waals surface area (Å²) in [4.78, 5) is 4.55. The Labute approximate surface area is 123 Å². The summed E-state index contributed by atoms with van der Waals surface area (Å²) < 4.78 is 15.9. The number of nitrogens with zero attached hydrogens (tertiary/aromatic N) is 2. The molecule has 1 aliphatic rings. The van der Waals surface area contributed by atoms with E-state index in [4.69, 9.17) is 11.6 Å². The minimum absolute atomic E-state index is 0.172. The van der Waals surface area contributed by atoms with Crippen molar-refractivity contribution >= 4 is 22.6 Å². The van der Waals surface area contributed by atoms with Crippen LogP contribution in [0.2, 0.25) is 0 Å². The molecule has 4 heteroatoms. The number of alkyl halides is 1. The van der Waals surface area contributed by atoms with Crippen LogP contribution in [0.25, 0.3) is 11.0 Å². The molecule has 0 N–H and O–H groups in total. The van der Waals surface area contributed by atoms with Gasteiger partial charge < -0.3 is 4.57 Å². The van der Waals surface area contributed by atoms with E-state index < -0.39 is 0 Å². The molecule has 1 heterocycles. The molecule has 0 radical (unpaired) electrons. The van der Waals surface area contributed by atoms with E-state index in [0.717, 1.165) is 17.9 Å². The highest BCUT2D eigenvalue weighted by Crippen LogP contribution is 2.43. The molecule has 1 atom stereocenters. The van der Waals surface area contributed by atoms with E-state index in [1.807, 2.05) is 13.0 Å². The number of imidazole rings is 1. The van der Waals surface area contributed by atoms with Gasteiger partial charge in [-0.15, -0.1) is 11.6 Å². The van der Waals surface area contributed by atoms with Crippen LogP contribution in [0.5, 0.6) is 0 Å². The van der Waals surface area contributed by atoms with E-state index in [2.05, 4.69) is 16.5 Å². The zero-order valence-electron chi connectivity index (χ0n) is 12.2. The lowest BCUT2D eigenvalue weighted by Crippen LogP contribution is -2.31. The molecule has 2 nitrogen and oxygen atoms in total. The molecule has 1 saturated carbocycles. The topological polar surface area (TPSA) is 17.8 Å². The maximum Gasteiger partial charge on any atom is 0.128 e. The SMILES string of the molecule is Cc1cc2c(cc1F)nc(C(C)Cl)n2CC1(C)CCC1. The molecule has 1 aliphatic carbocycles. The largest absolute Gasteiger partial charge is 0.326 e. The van der Waals surface area contributed by atoms with Gasteiger partial charge in [-0.25, -0.2) is 9.37 Å². The van der Waals surface area contributed by atoms with Crippen molar-refractivity contribution in [3.05, 3.63) is 29.3 Å². The number of rotatable bonds is 3. The Kier molecular flexibility index (Phi) is 3.28. The summed E-state index contributed by atoms with van der Waals surface area (Å²) in [5, 5.41) is -0.172. The summed E-state index contributed by atoms with van der Waals surface area (Å²) >= 11 is 6.27. The van der Waals surface area contributed by atoms with Crippen molar-refractivity contribution < 1.29 is 4.39 Å². The number of aryl methyl sites for hydroxylation is 1. The molecule has 2 aromatic rings. The fraction of sp³-hybridized carbons (Fsp3) is 0.562. The average Bonchev–Trinajstić information content (AvgIpc) is 2.67. The second kappa shape index (κ2) is 4.73. The average molecular weight is 295 g/mol. The van der Waals surface area contributed by atoms with E-state index in [9.17, 15) is 4.39 Å². The molecule has 108 valence electrons. The van der Waals surface area contributed by atoms with Crippen LogP contribution in [-0.4, -0.2) is 9.55 Å². The van der Waals surface area contributed by atoms with Gasteiger partial charge in [0.1, 0.15) is 11.6 Å². The molecule has 0 spiro atoms. The second-order valence-corrected chi connectivity index (χ2v) is 7.08. The van der Waals surface area contributed by atoms with Crippen LogP contribution in [0.3, 0.4) is 0 Å². The van der Waals surface area contributed by atoms with Crippen molar-refractivity contribution in [1.82, 2.24) is 9.55 Å². The van der Waals surface area contributed by atoms with Crippen molar-refractivity contribution in [3.63, 3.8) is 0 Å². The predicted octanol–water partition coefficient (Wildman–Crippen LogP) is 4.97. The maximum absolute atomic E-state index is 13.7. The summed E-state index contributed by atoms with van der Waals surface area (Å²) in [6.07, 6.45) is 3.77. The van der Waals surface area contributed by atoms with Gasteiger partial charge >= 0.3 is 0 Å². The van der Waals surface area contributed by atoms with Gasteiger partial charge in [0.05, 0.1) is 16.4 Å². The normalized spacial score (nSPS) is 19.1. The molecule has 0 saturated heterocycles. The van der Waals surface area contributed by atoms with Gasteiger partial charge in [-0.3, -0.25) is 0 Å². The molecular weight excluding hydrogens is 275 g/mol. The monoisotopic (exact) mass is 294 g/mol. The predicted molar refractivity (Wildman–Crippen MR) is 80.7 cm³/mol. The van der Waals surface area contributed by atoms with E-state index >= 15 is 0 Å².